The number of fused-ring (bicyclic) bond motifs is 1. The van der Waals surface area contributed by atoms with Crippen molar-refractivity contribution in [3.8, 4) is 0 Å². The topological polar surface area (TPSA) is 107 Å². The molecule has 1 unspecified atom stereocenters. The molecule has 8 nitrogen and oxygen atoms in total. The van der Waals surface area contributed by atoms with Gasteiger partial charge in [-0.1, -0.05) is 0 Å². The Kier molecular flexibility index (Phi) is 4.91. The number of aromatic nitrogens is 4. The highest BCUT2D eigenvalue weighted by Crippen LogP contribution is 2.58. The zero-order valence-electron chi connectivity index (χ0n) is 17.3. The third kappa shape index (κ3) is 3.62. The molecule has 1 saturated carbocycles. The molecule has 12 heteroatoms. The zero-order valence-corrected chi connectivity index (χ0v) is 17.3. The van der Waals surface area contributed by atoms with E-state index in [0.717, 1.165) is 12.8 Å². The number of anilines is 1. The molecule has 33 heavy (non-hydrogen) atoms. The summed E-state index contributed by atoms with van der Waals surface area (Å²) in [4.78, 5) is 27.1. The molecule has 174 valence electrons. The Balaban J connectivity index is 1.37. The number of halogens is 4. The number of carbonyl (C=O) groups excluding carboxylic acids is 2. The highest BCUT2D eigenvalue weighted by molar-refractivity contribution is 6.04. The van der Waals surface area contributed by atoms with E-state index >= 15 is 0 Å². The summed E-state index contributed by atoms with van der Waals surface area (Å²) in [6.07, 6.45) is -2.95. The molecule has 1 aliphatic carbocycles. The number of carbonyl (C=O) groups is 2. The van der Waals surface area contributed by atoms with Crippen molar-refractivity contribution >= 4 is 28.5 Å². The van der Waals surface area contributed by atoms with E-state index in [1.54, 1.807) is 4.90 Å². The van der Waals surface area contributed by atoms with Crippen LogP contribution in [0.1, 0.15) is 54.3 Å². The number of benzene rings is 1. The van der Waals surface area contributed by atoms with Crippen LogP contribution in [-0.2, 0) is 4.79 Å². The monoisotopic (exact) mass is 464 g/mol. The summed E-state index contributed by atoms with van der Waals surface area (Å²) in [5, 5.41) is 16.1. The lowest BCUT2D eigenvalue weighted by Crippen LogP contribution is -2.39. The van der Waals surface area contributed by atoms with Gasteiger partial charge >= 0.3 is 6.18 Å². The molecular formula is C21H20F4N6O2. The number of alkyl halides is 3. The van der Waals surface area contributed by atoms with Crippen LogP contribution < -0.4 is 5.32 Å². The third-order valence-corrected chi connectivity index (χ3v) is 6.42. The van der Waals surface area contributed by atoms with Gasteiger partial charge in [0, 0.05) is 18.0 Å². The number of aromatic amines is 2. The van der Waals surface area contributed by atoms with Crippen molar-refractivity contribution in [2.45, 2.75) is 44.3 Å². The molecule has 0 bridgehead atoms. The first kappa shape index (κ1) is 21.4. The van der Waals surface area contributed by atoms with Gasteiger partial charge in [-0.05, 0) is 50.3 Å². The van der Waals surface area contributed by atoms with Crippen LogP contribution in [0.5, 0.6) is 0 Å². The predicted molar refractivity (Wildman–Crippen MR) is 109 cm³/mol. The number of hydrogen-bond donors (Lipinski definition) is 3. The van der Waals surface area contributed by atoms with Crippen molar-refractivity contribution in [2.75, 3.05) is 11.9 Å². The highest BCUT2D eigenvalue weighted by Gasteiger charge is 2.68. The highest BCUT2D eigenvalue weighted by atomic mass is 19.4. The van der Waals surface area contributed by atoms with Crippen molar-refractivity contribution in [3.63, 3.8) is 0 Å². The molecule has 1 saturated heterocycles. The average molecular weight is 464 g/mol. The lowest BCUT2D eigenvalue weighted by Gasteiger charge is -2.34. The fourth-order valence-corrected chi connectivity index (χ4v) is 4.35. The molecule has 1 aliphatic heterocycles. The van der Waals surface area contributed by atoms with Crippen molar-refractivity contribution in [2.24, 2.45) is 5.41 Å². The molecule has 0 spiro atoms. The predicted octanol–water partition coefficient (Wildman–Crippen LogP) is 4.07. The van der Waals surface area contributed by atoms with E-state index in [1.807, 2.05) is 0 Å². The molecule has 1 atom stereocenters. The minimum Gasteiger partial charge on any atom is -0.329 e. The fourth-order valence-electron chi connectivity index (χ4n) is 4.35. The lowest BCUT2D eigenvalue weighted by atomic mass is 9.98. The molecule has 5 rings (SSSR count). The lowest BCUT2D eigenvalue weighted by molar-refractivity contribution is -0.189. The Morgan fingerprint density at radius 1 is 1.12 bits per heavy atom. The second-order valence-electron chi connectivity index (χ2n) is 8.51. The van der Waals surface area contributed by atoms with Crippen LogP contribution in [0.4, 0.5) is 23.4 Å². The summed E-state index contributed by atoms with van der Waals surface area (Å²) < 4.78 is 53.3. The van der Waals surface area contributed by atoms with Crippen molar-refractivity contribution < 1.29 is 27.2 Å². The van der Waals surface area contributed by atoms with E-state index in [4.69, 9.17) is 0 Å². The number of likely N-dealkylation sites (tertiary alicyclic amines) is 1. The first-order valence-electron chi connectivity index (χ1n) is 10.6. The van der Waals surface area contributed by atoms with Crippen LogP contribution in [0, 0.1) is 11.2 Å². The number of hydrogen-bond acceptors (Lipinski definition) is 4. The standard InChI is InChI=1S/C21H20F4N6O2/c22-11-4-5-13-12(9-11)17(30-27-13)18(32)31-8-2-1-3-15(31)14-10-16(29-28-14)26-19(33)20(6-7-20)21(23,24)25/h4-5,9-10,15H,1-3,6-8H2,(H,27,30)(H2,26,28,29,33). The largest absolute Gasteiger partial charge is 0.403 e. The van der Waals surface area contributed by atoms with Crippen LogP contribution in [0.2, 0.25) is 0 Å². The van der Waals surface area contributed by atoms with Crippen molar-refractivity contribution in [1.82, 2.24) is 25.3 Å². The van der Waals surface area contributed by atoms with E-state index in [0.29, 0.717) is 29.6 Å². The van der Waals surface area contributed by atoms with Gasteiger partial charge in [-0.3, -0.25) is 19.8 Å². The maximum absolute atomic E-state index is 13.7. The van der Waals surface area contributed by atoms with Crippen molar-refractivity contribution in [3.05, 3.63) is 41.5 Å². The number of H-pyrrole nitrogens is 2. The van der Waals surface area contributed by atoms with Crippen LogP contribution >= 0.6 is 0 Å². The number of piperidine rings is 1. The molecule has 3 aromatic rings. The van der Waals surface area contributed by atoms with Gasteiger partial charge < -0.3 is 10.2 Å². The number of nitrogens with zero attached hydrogens (tertiary/aromatic N) is 3. The van der Waals surface area contributed by atoms with Gasteiger partial charge in [0.25, 0.3) is 5.91 Å². The Labute approximate surface area is 184 Å². The molecule has 3 heterocycles. The van der Waals surface area contributed by atoms with Gasteiger partial charge in [0.15, 0.2) is 11.5 Å². The third-order valence-electron chi connectivity index (χ3n) is 6.42. The molecule has 2 amide bonds. The van der Waals surface area contributed by atoms with Gasteiger partial charge in [0.05, 0.1) is 17.3 Å². The van der Waals surface area contributed by atoms with E-state index in [9.17, 15) is 27.2 Å². The summed E-state index contributed by atoms with van der Waals surface area (Å²) in [7, 11) is 0. The summed E-state index contributed by atoms with van der Waals surface area (Å²) in [5.41, 5.74) is -1.25. The van der Waals surface area contributed by atoms with Crippen LogP contribution in [0.3, 0.4) is 0 Å². The van der Waals surface area contributed by atoms with Gasteiger partial charge in [-0.2, -0.15) is 23.4 Å². The number of amides is 2. The smallest absolute Gasteiger partial charge is 0.329 e. The summed E-state index contributed by atoms with van der Waals surface area (Å²) >= 11 is 0. The Morgan fingerprint density at radius 3 is 2.64 bits per heavy atom. The second-order valence-corrected chi connectivity index (χ2v) is 8.51. The average Bonchev–Trinajstić information content (AvgIpc) is 3.33. The summed E-state index contributed by atoms with van der Waals surface area (Å²) in [6, 6.07) is 5.01. The molecule has 2 aromatic heterocycles. The summed E-state index contributed by atoms with van der Waals surface area (Å²) in [6.45, 7) is 0.422. The molecular weight excluding hydrogens is 444 g/mol. The normalized spacial score (nSPS) is 20.1. The Morgan fingerprint density at radius 2 is 1.91 bits per heavy atom. The molecule has 3 N–H and O–H groups in total. The fraction of sp³-hybridized carbons (Fsp3) is 0.429. The van der Waals surface area contributed by atoms with Crippen LogP contribution in [0.25, 0.3) is 10.9 Å². The second kappa shape index (κ2) is 7.56. The molecule has 2 fully saturated rings. The summed E-state index contributed by atoms with van der Waals surface area (Å²) in [5.74, 6) is -2.05. The maximum Gasteiger partial charge on any atom is 0.403 e. The van der Waals surface area contributed by atoms with Crippen molar-refractivity contribution in [1.29, 1.82) is 0 Å². The molecule has 1 aromatic carbocycles. The van der Waals surface area contributed by atoms with E-state index in [1.165, 1.54) is 24.3 Å². The van der Waals surface area contributed by atoms with Gasteiger partial charge in [0.1, 0.15) is 11.2 Å². The zero-order chi connectivity index (χ0) is 23.4. The minimum absolute atomic E-state index is 0.0317. The van der Waals surface area contributed by atoms with Gasteiger partial charge in [-0.15, -0.1) is 0 Å². The SMILES string of the molecule is O=C(c1n[nH]c2ccc(F)cc12)N1CCCCC1c1cc(NC(=O)C2(C(F)(F)F)CC2)n[nH]1. The first-order valence-corrected chi connectivity index (χ1v) is 10.6. The van der Waals surface area contributed by atoms with E-state index < -0.39 is 35.3 Å². The number of nitrogens with one attached hydrogen (secondary N) is 3. The van der Waals surface area contributed by atoms with Crippen LogP contribution in [0.15, 0.2) is 24.3 Å². The Hall–Kier alpha value is -3.44. The molecule has 0 radical (unpaired) electrons. The minimum atomic E-state index is -4.62. The quantitative estimate of drug-likeness (QED) is 0.506. The van der Waals surface area contributed by atoms with Gasteiger partial charge in [0.2, 0.25) is 5.91 Å². The van der Waals surface area contributed by atoms with E-state index in [2.05, 4.69) is 25.7 Å². The van der Waals surface area contributed by atoms with E-state index in [-0.39, 0.29) is 24.4 Å². The Bertz CT molecular complexity index is 1230. The molecule has 2 aliphatic rings. The first-order chi connectivity index (χ1) is 15.7. The van der Waals surface area contributed by atoms with Gasteiger partial charge in [-0.25, -0.2) is 4.39 Å². The number of rotatable bonds is 4. The van der Waals surface area contributed by atoms with Crippen LogP contribution in [-0.4, -0.2) is 49.8 Å². The maximum atomic E-state index is 13.7.